The lowest BCUT2D eigenvalue weighted by Gasteiger charge is -2.34. The van der Waals surface area contributed by atoms with E-state index in [1.807, 2.05) is 11.9 Å². The van der Waals surface area contributed by atoms with Crippen LogP contribution in [0.3, 0.4) is 0 Å². The maximum Gasteiger partial charge on any atom is 0.219 e. The lowest BCUT2D eigenvalue weighted by Crippen LogP contribution is -2.42. The van der Waals surface area contributed by atoms with Crippen LogP contribution < -0.4 is 5.73 Å². The second-order valence-electron chi connectivity index (χ2n) is 4.50. The highest BCUT2D eigenvalue weighted by molar-refractivity contribution is 5.72. The molecule has 15 heavy (non-hydrogen) atoms. The molecule has 4 nitrogen and oxygen atoms in total. The molecule has 0 radical (unpaired) electrons. The van der Waals surface area contributed by atoms with E-state index in [1.165, 1.54) is 12.8 Å². The molecule has 1 heterocycles. The summed E-state index contributed by atoms with van der Waals surface area (Å²) in [4.78, 5) is 15.3. The van der Waals surface area contributed by atoms with Gasteiger partial charge in [-0.25, -0.2) is 0 Å². The van der Waals surface area contributed by atoms with Gasteiger partial charge in [-0.2, -0.15) is 0 Å². The number of hydrogen-bond acceptors (Lipinski definition) is 3. The van der Waals surface area contributed by atoms with Crippen molar-refractivity contribution < 1.29 is 4.79 Å². The summed E-state index contributed by atoms with van der Waals surface area (Å²) in [6, 6.07) is 0. The van der Waals surface area contributed by atoms with Crippen molar-refractivity contribution in [3.05, 3.63) is 0 Å². The second-order valence-corrected chi connectivity index (χ2v) is 4.50. The Bertz CT molecular complexity index is 206. The van der Waals surface area contributed by atoms with Gasteiger partial charge in [-0.15, -0.1) is 0 Å². The molecule has 0 aromatic carbocycles. The molecule has 1 atom stereocenters. The maximum absolute atomic E-state index is 11.1. The van der Waals surface area contributed by atoms with Gasteiger partial charge in [0.05, 0.1) is 0 Å². The van der Waals surface area contributed by atoms with Crippen LogP contribution in [0.25, 0.3) is 0 Å². The van der Waals surface area contributed by atoms with E-state index in [0.717, 1.165) is 32.7 Å². The first kappa shape index (κ1) is 12.5. The molecular weight excluding hydrogens is 190 g/mol. The SMILES string of the molecule is CC(=O)N(C)C[C@@H]1CCCN(CCN)C1. The molecule has 1 aliphatic rings. The van der Waals surface area contributed by atoms with Gasteiger partial charge in [-0.1, -0.05) is 0 Å². The highest BCUT2D eigenvalue weighted by atomic mass is 16.2. The number of carbonyl (C=O) groups is 1. The van der Waals surface area contributed by atoms with E-state index >= 15 is 0 Å². The Morgan fingerprint density at radius 1 is 1.60 bits per heavy atom. The molecule has 1 aliphatic heterocycles. The zero-order valence-electron chi connectivity index (χ0n) is 9.91. The van der Waals surface area contributed by atoms with Crippen molar-refractivity contribution >= 4 is 5.91 Å². The monoisotopic (exact) mass is 213 g/mol. The van der Waals surface area contributed by atoms with E-state index in [-0.39, 0.29) is 5.91 Å². The van der Waals surface area contributed by atoms with Gasteiger partial charge < -0.3 is 15.5 Å². The molecule has 0 saturated carbocycles. The first-order chi connectivity index (χ1) is 7.13. The van der Waals surface area contributed by atoms with Gasteiger partial charge in [0.25, 0.3) is 0 Å². The zero-order chi connectivity index (χ0) is 11.3. The molecule has 1 amide bonds. The number of likely N-dealkylation sites (tertiary alicyclic amines) is 1. The molecule has 1 saturated heterocycles. The summed E-state index contributed by atoms with van der Waals surface area (Å²) in [6.45, 7) is 6.48. The summed E-state index contributed by atoms with van der Waals surface area (Å²) in [6.07, 6.45) is 2.47. The van der Waals surface area contributed by atoms with E-state index in [2.05, 4.69) is 4.90 Å². The van der Waals surface area contributed by atoms with Crippen LogP contribution in [0.4, 0.5) is 0 Å². The number of carbonyl (C=O) groups excluding carboxylic acids is 1. The molecule has 0 aliphatic carbocycles. The summed E-state index contributed by atoms with van der Waals surface area (Å²) in [5.74, 6) is 0.783. The van der Waals surface area contributed by atoms with Gasteiger partial charge >= 0.3 is 0 Å². The first-order valence-corrected chi connectivity index (χ1v) is 5.77. The fourth-order valence-corrected chi connectivity index (χ4v) is 2.20. The molecular formula is C11H23N3O. The molecule has 0 aromatic heterocycles. The molecule has 0 unspecified atom stereocenters. The van der Waals surface area contributed by atoms with Gasteiger partial charge in [0.2, 0.25) is 5.91 Å². The summed E-state index contributed by atoms with van der Waals surface area (Å²) in [5.41, 5.74) is 5.55. The molecule has 4 heteroatoms. The predicted molar refractivity (Wildman–Crippen MR) is 61.5 cm³/mol. The number of nitrogens with zero attached hydrogens (tertiary/aromatic N) is 2. The zero-order valence-corrected chi connectivity index (χ0v) is 9.91. The summed E-state index contributed by atoms with van der Waals surface area (Å²) in [5, 5.41) is 0. The van der Waals surface area contributed by atoms with Crippen LogP contribution in [0.5, 0.6) is 0 Å². The third kappa shape index (κ3) is 4.18. The average molecular weight is 213 g/mol. The Morgan fingerprint density at radius 3 is 2.93 bits per heavy atom. The quantitative estimate of drug-likeness (QED) is 0.722. The Labute approximate surface area is 92.4 Å². The third-order valence-electron chi connectivity index (χ3n) is 3.12. The lowest BCUT2D eigenvalue weighted by molar-refractivity contribution is -0.128. The van der Waals surface area contributed by atoms with Gasteiger partial charge in [-0.05, 0) is 25.3 Å². The number of amides is 1. The number of hydrogen-bond donors (Lipinski definition) is 1. The predicted octanol–water partition coefficient (Wildman–Crippen LogP) is 0.135. The van der Waals surface area contributed by atoms with Crippen molar-refractivity contribution in [1.29, 1.82) is 0 Å². The normalized spacial score (nSPS) is 22.7. The standard InChI is InChI=1S/C11H23N3O/c1-10(15)13(2)8-11-4-3-6-14(9-11)7-5-12/h11H,3-9,12H2,1-2H3/t11-/m0/s1. The molecule has 0 spiro atoms. The van der Waals surface area contributed by atoms with Crippen molar-refractivity contribution in [2.45, 2.75) is 19.8 Å². The number of nitrogens with two attached hydrogens (primary N) is 1. The Morgan fingerprint density at radius 2 is 2.33 bits per heavy atom. The van der Waals surface area contributed by atoms with Crippen LogP contribution >= 0.6 is 0 Å². The van der Waals surface area contributed by atoms with E-state index in [9.17, 15) is 4.79 Å². The Balaban J connectivity index is 2.32. The summed E-state index contributed by atoms with van der Waals surface area (Å²) in [7, 11) is 1.88. The van der Waals surface area contributed by atoms with Crippen LogP contribution in [0.15, 0.2) is 0 Å². The molecule has 88 valence electrons. The van der Waals surface area contributed by atoms with Crippen LogP contribution in [-0.2, 0) is 4.79 Å². The Kier molecular flexibility index (Phi) is 5.05. The van der Waals surface area contributed by atoms with Crippen LogP contribution in [0.2, 0.25) is 0 Å². The van der Waals surface area contributed by atoms with Crippen molar-refractivity contribution in [3.8, 4) is 0 Å². The lowest BCUT2D eigenvalue weighted by atomic mass is 9.97. The molecule has 0 bridgehead atoms. The van der Waals surface area contributed by atoms with Gasteiger partial charge in [0.15, 0.2) is 0 Å². The molecule has 1 rings (SSSR count). The van der Waals surface area contributed by atoms with Crippen LogP contribution in [-0.4, -0.2) is 55.5 Å². The largest absolute Gasteiger partial charge is 0.346 e. The fourth-order valence-electron chi connectivity index (χ4n) is 2.20. The van der Waals surface area contributed by atoms with Crippen LogP contribution in [0, 0.1) is 5.92 Å². The fraction of sp³-hybridized carbons (Fsp3) is 0.909. The molecule has 1 fully saturated rings. The minimum absolute atomic E-state index is 0.158. The van der Waals surface area contributed by atoms with Crippen molar-refractivity contribution in [3.63, 3.8) is 0 Å². The minimum atomic E-state index is 0.158. The van der Waals surface area contributed by atoms with Crippen LogP contribution in [0.1, 0.15) is 19.8 Å². The van der Waals surface area contributed by atoms with Crippen molar-refractivity contribution in [1.82, 2.24) is 9.80 Å². The van der Waals surface area contributed by atoms with Crippen molar-refractivity contribution in [2.75, 3.05) is 39.8 Å². The topological polar surface area (TPSA) is 49.6 Å². The Hall–Kier alpha value is -0.610. The third-order valence-corrected chi connectivity index (χ3v) is 3.12. The minimum Gasteiger partial charge on any atom is -0.346 e. The smallest absolute Gasteiger partial charge is 0.219 e. The van der Waals surface area contributed by atoms with Gasteiger partial charge in [0.1, 0.15) is 0 Å². The van der Waals surface area contributed by atoms with Gasteiger partial charge in [-0.3, -0.25) is 4.79 Å². The first-order valence-electron chi connectivity index (χ1n) is 5.77. The van der Waals surface area contributed by atoms with Crippen molar-refractivity contribution in [2.24, 2.45) is 11.7 Å². The second kappa shape index (κ2) is 6.08. The molecule has 0 aromatic rings. The average Bonchev–Trinajstić information content (AvgIpc) is 2.18. The van der Waals surface area contributed by atoms with E-state index in [1.54, 1.807) is 6.92 Å². The number of piperidine rings is 1. The maximum atomic E-state index is 11.1. The molecule has 2 N–H and O–H groups in total. The number of rotatable bonds is 4. The van der Waals surface area contributed by atoms with E-state index < -0.39 is 0 Å². The summed E-state index contributed by atoms with van der Waals surface area (Å²) >= 11 is 0. The summed E-state index contributed by atoms with van der Waals surface area (Å²) < 4.78 is 0. The van der Waals surface area contributed by atoms with Gasteiger partial charge in [0, 0.05) is 40.2 Å². The van der Waals surface area contributed by atoms with E-state index in [4.69, 9.17) is 5.73 Å². The highest BCUT2D eigenvalue weighted by Crippen LogP contribution is 2.16. The highest BCUT2D eigenvalue weighted by Gasteiger charge is 2.20. The van der Waals surface area contributed by atoms with E-state index in [0.29, 0.717) is 5.92 Å².